The zero-order valence-electron chi connectivity index (χ0n) is 26.8. The van der Waals surface area contributed by atoms with Crippen molar-refractivity contribution in [3.05, 3.63) is 78.5 Å². The Morgan fingerprint density at radius 2 is 1.48 bits per heavy atom. The van der Waals surface area contributed by atoms with Gasteiger partial charge in [0.1, 0.15) is 17.0 Å². The number of hydrogen-bond donors (Lipinski definition) is 2. The number of ether oxygens (including phenoxy) is 3. The molecule has 10 nitrogen and oxygen atoms in total. The number of halogens is 2. The van der Waals surface area contributed by atoms with Crippen LogP contribution in [-0.2, 0) is 14.4 Å². The summed E-state index contributed by atoms with van der Waals surface area (Å²) in [6.07, 6.45) is 5.08. The predicted molar refractivity (Wildman–Crippen MR) is 168 cm³/mol. The Bertz CT molecular complexity index is 1770. The van der Waals surface area contributed by atoms with Crippen LogP contribution in [0.2, 0.25) is 0 Å². The smallest absolute Gasteiger partial charge is 0.550 e. The van der Waals surface area contributed by atoms with Crippen molar-refractivity contribution < 1.29 is 72.0 Å². The minimum atomic E-state index is -1.29. The van der Waals surface area contributed by atoms with Crippen molar-refractivity contribution in [3.63, 3.8) is 0 Å². The number of aromatic nitrogens is 1. The van der Waals surface area contributed by atoms with Crippen LogP contribution in [0.5, 0.6) is 23.0 Å². The van der Waals surface area contributed by atoms with Gasteiger partial charge in [-0.05, 0) is 87.6 Å². The summed E-state index contributed by atoms with van der Waals surface area (Å²) >= 11 is 0. The Kier molecular flexibility index (Phi) is 12.7. The first-order valence-electron chi connectivity index (χ1n) is 15.4. The molecule has 0 aliphatic heterocycles. The fourth-order valence-corrected chi connectivity index (χ4v) is 5.00. The van der Waals surface area contributed by atoms with Crippen molar-refractivity contribution in [3.8, 4) is 23.0 Å². The molecule has 3 aromatic carbocycles. The second kappa shape index (κ2) is 16.7. The van der Waals surface area contributed by atoms with Crippen LogP contribution >= 0.6 is 0 Å². The Labute approximate surface area is 298 Å². The van der Waals surface area contributed by atoms with Crippen LogP contribution in [0.4, 0.5) is 20.2 Å². The fraction of sp³-hybridized carbons (Fsp3) is 0.314. The SMILES string of the molecule is CCOc1cc2c(Oc3ccc(NC(=O)C4(C(=O)Nc5ccc(F)cc5)CC4)cc3F)ccnc2cc1OCCCCCCC(=O)[O-].[Na+]. The summed E-state index contributed by atoms with van der Waals surface area (Å²) in [6, 6.07) is 14.2. The van der Waals surface area contributed by atoms with Crippen LogP contribution in [0.25, 0.3) is 10.9 Å². The molecule has 246 valence electrons. The molecule has 0 bridgehead atoms. The summed E-state index contributed by atoms with van der Waals surface area (Å²) in [4.78, 5) is 40.9. The number of nitrogens with zero attached hydrogens (tertiary/aromatic N) is 1. The van der Waals surface area contributed by atoms with Gasteiger partial charge in [-0.3, -0.25) is 14.6 Å². The maximum atomic E-state index is 15.3. The largest absolute Gasteiger partial charge is 1.00 e. The molecule has 1 heterocycles. The van der Waals surface area contributed by atoms with Gasteiger partial charge in [0, 0.05) is 41.1 Å². The van der Waals surface area contributed by atoms with Gasteiger partial charge in [-0.2, -0.15) is 0 Å². The van der Waals surface area contributed by atoms with Crippen LogP contribution in [0.3, 0.4) is 0 Å². The summed E-state index contributed by atoms with van der Waals surface area (Å²) in [7, 11) is 0. The van der Waals surface area contributed by atoms with Gasteiger partial charge in [-0.1, -0.05) is 12.8 Å². The topological polar surface area (TPSA) is 139 Å². The van der Waals surface area contributed by atoms with E-state index in [9.17, 15) is 23.9 Å². The standard InChI is InChI=1S/C35H35F2N3O7.Na/c1-2-45-30-20-25-27(21-31(30)46-18-6-4-3-5-7-32(41)42)38-17-14-28(25)47-29-13-12-24(19-26(29)37)40-34(44)35(15-16-35)33(43)39-23-10-8-22(36)9-11-23;/h8-14,17,19-21H,2-7,15-16,18H2,1H3,(H,39,43)(H,40,44)(H,41,42);/q;+1/p-1. The first kappa shape index (κ1) is 36.6. The Morgan fingerprint density at radius 1 is 0.812 bits per heavy atom. The van der Waals surface area contributed by atoms with Gasteiger partial charge in [-0.15, -0.1) is 0 Å². The summed E-state index contributed by atoms with van der Waals surface area (Å²) in [6.45, 7) is 2.62. The van der Waals surface area contributed by atoms with E-state index in [1.807, 2.05) is 6.92 Å². The van der Waals surface area contributed by atoms with E-state index in [1.165, 1.54) is 42.6 Å². The van der Waals surface area contributed by atoms with Gasteiger partial charge in [0.2, 0.25) is 11.8 Å². The maximum absolute atomic E-state index is 15.3. The van der Waals surface area contributed by atoms with E-state index in [0.717, 1.165) is 25.3 Å². The molecule has 0 radical (unpaired) electrons. The molecule has 48 heavy (non-hydrogen) atoms. The number of carbonyl (C=O) groups is 3. The number of fused-ring (bicyclic) bond motifs is 1. The summed E-state index contributed by atoms with van der Waals surface area (Å²) in [5, 5.41) is 16.4. The molecule has 1 aliphatic carbocycles. The number of carbonyl (C=O) groups excluding carboxylic acids is 3. The second-order valence-corrected chi connectivity index (χ2v) is 11.2. The Morgan fingerprint density at radius 3 is 2.15 bits per heavy atom. The van der Waals surface area contributed by atoms with Gasteiger partial charge < -0.3 is 34.7 Å². The number of anilines is 2. The summed E-state index contributed by atoms with van der Waals surface area (Å²) in [5.74, 6) is -2.14. The normalized spacial score (nSPS) is 12.8. The first-order chi connectivity index (χ1) is 22.7. The number of rotatable bonds is 16. The van der Waals surface area contributed by atoms with Crippen LogP contribution < -0.4 is 59.5 Å². The molecule has 13 heteroatoms. The Hall–Kier alpha value is -4.26. The second-order valence-electron chi connectivity index (χ2n) is 11.2. The average Bonchev–Trinajstić information content (AvgIpc) is 3.86. The van der Waals surface area contributed by atoms with Crippen molar-refractivity contribution in [1.82, 2.24) is 4.98 Å². The number of amides is 2. The van der Waals surface area contributed by atoms with Crippen molar-refractivity contribution in [1.29, 1.82) is 0 Å². The van der Waals surface area contributed by atoms with Gasteiger partial charge in [0.25, 0.3) is 0 Å². The molecule has 0 atom stereocenters. The number of hydrogen-bond acceptors (Lipinski definition) is 8. The molecule has 0 spiro atoms. The van der Waals surface area contributed by atoms with E-state index in [-0.39, 0.29) is 47.4 Å². The van der Waals surface area contributed by atoms with Crippen LogP contribution in [0, 0.1) is 17.0 Å². The molecule has 1 fully saturated rings. The number of benzene rings is 3. The van der Waals surface area contributed by atoms with Crippen molar-refractivity contribution >= 4 is 40.1 Å². The van der Waals surface area contributed by atoms with Crippen LogP contribution in [-0.4, -0.2) is 36.0 Å². The minimum Gasteiger partial charge on any atom is -0.550 e. The number of aliphatic carboxylic acids is 1. The van der Waals surface area contributed by atoms with Gasteiger partial charge in [0.05, 0.1) is 18.7 Å². The quantitative estimate of drug-likeness (QED) is 0.105. The van der Waals surface area contributed by atoms with Crippen molar-refractivity contribution in [2.24, 2.45) is 5.41 Å². The van der Waals surface area contributed by atoms with Crippen LogP contribution in [0.1, 0.15) is 51.9 Å². The predicted octanol–water partition coefficient (Wildman–Crippen LogP) is 3.14. The summed E-state index contributed by atoms with van der Waals surface area (Å²) < 4.78 is 46.1. The van der Waals surface area contributed by atoms with E-state index < -0.39 is 34.8 Å². The Balaban J connectivity index is 0.00000520. The fourth-order valence-electron chi connectivity index (χ4n) is 5.00. The van der Waals surface area contributed by atoms with Crippen molar-refractivity contribution in [2.45, 2.75) is 51.9 Å². The zero-order chi connectivity index (χ0) is 33.4. The average molecular weight is 670 g/mol. The summed E-state index contributed by atoms with van der Waals surface area (Å²) in [5.41, 5.74) is -0.243. The van der Waals surface area contributed by atoms with E-state index in [4.69, 9.17) is 14.2 Å². The number of nitrogens with one attached hydrogen (secondary N) is 2. The molecule has 2 amide bonds. The number of carboxylic acids is 1. The third-order valence-corrected chi connectivity index (χ3v) is 7.73. The van der Waals surface area contributed by atoms with Crippen LogP contribution in [0.15, 0.2) is 66.9 Å². The zero-order valence-corrected chi connectivity index (χ0v) is 28.8. The molecule has 2 N–H and O–H groups in total. The van der Waals surface area contributed by atoms with E-state index in [0.29, 0.717) is 66.3 Å². The monoisotopic (exact) mass is 669 g/mol. The van der Waals surface area contributed by atoms with Gasteiger partial charge >= 0.3 is 29.6 Å². The van der Waals surface area contributed by atoms with E-state index in [2.05, 4.69) is 15.6 Å². The number of unbranched alkanes of at least 4 members (excludes halogenated alkanes) is 3. The number of pyridine rings is 1. The van der Waals surface area contributed by atoms with Gasteiger partial charge in [0.15, 0.2) is 23.1 Å². The maximum Gasteiger partial charge on any atom is 1.00 e. The molecular formula is C35H34F2N3NaO7. The minimum absolute atomic E-state index is 0. The van der Waals surface area contributed by atoms with E-state index in [1.54, 1.807) is 18.2 Å². The molecule has 5 rings (SSSR count). The molecule has 1 aliphatic rings. The third kappa shape index (κ3) is 9.21. The van der Waals surface area contributed by atoms with E-state index >= 15 is 4.39 Å². The van der Waals surface area contributed by atoms with Crippen molar-refractivity contribution in [2.75, 3.05) is 23.8 Å². The third-order valence-electron chi connectivity index (χ3n) is 7.73. The number of carboxylic acid groups (broad SMARTS) is 1. The molecule has 4 aromatic rings. The molecular weight excluding hydrogens is 635 g/mol. The molecule has 1 saturated carbocycles. The van der Waals surface area contributed by atoms with Gasteiger partial charge in [-0.25, -0.2) is 8.78 Å². The first-order valence-corrected chi connectivity index (χ1v) is 15.4. The molecule has 1 aromatic heterocycles. The molecule has 0 unspecified atom stereocenters. The molecule has 0 saturated heterocycles.